The van der Waals surface area contributed by atoms with E-state index in [-0.39, 0.29) is 30.3 Å². The normalized spacial score (nSPS) is 22.3. The monoisotopic (exact) mass is 454 g/mol. The number of amides is 1. The van der Waals surface area contributed by atoms with Crippen molar-refractivity contribution in [1.82, 2.24) is 9.80 Å². The standard InChI is InChI=1S/C24H28N2O4.CH2O2/c1-15(2)23(27)26-9-16-8-25(19(11-26)14-29-12-16)10-17-6-7-18-13-30-24(28)21-5-3-4-20(17)22(18)21;2-1-3/h3-7,15-16,19H,8-14H2,1-2H3;1H,(H,2,3)/t16-,19+;/m1./s1. The van der Waals surface area contributed by atoms with Crippen LogP contribution in [-0.4, -0.2) is 72.1 Å². The van der Waals surface area contributed by atoms with E-state index in [1.807, 2.05) is 30.9 Å². The van der Waals surface area contributed by atoms with E-state index in [1.54, 1.807) is 0 Å². The first kappa shape index (κ1) is 23.2. The average molecular weight is 455 g/mol. The summed E-state index contributed by atoms with van der Waals surface area (Å²) >= 11 is 0. The predicted octanol–water partition coefficient (Wildman–Crippen LogP) is 2.53. The molecule has 1 N–H and O–H groups in total. The van der Waals surface area contributed by atoms with Crippen molar-refractivity contribution in [1.29, 1.82) is 0 Å². The second-order valence-corrected chi connectivity index (χ2v) is 9.18. The number of carbonyl (C=O) groups excluding carboxylic acids is 2. The molecule has 0 saturated carbocycles. The molecule has 0 aliphatic carbocycles. The van der Waals surface area contributed by atoms with Gasteiger partial charge >= 0.3 is 5.97 Å². The number of esters is 1. The Morgan fingerprint density at radius 3 is 2.73 bits per heavy atom. The van der Waals surface area contributed by atoms with Crippen LogP contribution in [0.1, 0.15) is 35.3 Å². The van der Waals surface area contributed by atoms with Crippen LogP contribution in [-0.2, 0) is 32.2 Å². The average Bonchev–Trinajstić information content (AvgIpc) is 3.07. The summed E-state index contributed by atoms with van der Waals surface area (Å²) < 4.78 is 11.3. The van der Waals surface area contributed by atoms with E-state index in [9.17, 15) is 9.59 Å². The molecule has 2 fully saturated rings. The second kappa shape index (κ2) is 9.89. The minimum absolute atomic E-state index is 0.0124. The van der Waals surface area contributed by atoms with E-state index in [0.29, 0.717) is 37.8 Å². The molecular formula is C25H30N2O6. The highest BCUT2D eigenvalue weighted by molar-refractivity contribution is 6.08. The van der Waals surface area contributed by atoms with Gasteiger partial charge in [0.15, 0.2) is 0 Å². The zero-order valence-electron chi connectivity index (χ0n) is 19.0. The first-order valence-electron chi connectivity index (χ1n) is 11.3. The molecule has 2 aromatic rings. The lowest BCUT2D eigenvalue weighted by atomic mass is 9.94. The van der Waals surface area contributed by atoms with Crippen molar-refractivity contribution < 1.29 is 29.0 Å². The number of nitrogens with zero attached hydrogens (tertiary/aromatic N) is 2. The summed E-state index contributed by atoms with van der Waals surface area (Å²) in [4.78, 5) is 37.8. The third-order valence-corrected chi connectivity index (χ3v) is 6.56. The fourth-order valence-electron chi connectivity index (χ4n) is 5.08. The number of benzene rings is 2. The lowest BCUT2D eigenvalue weighted by molar-refractivity contribution is -0.136. The van der Waals surface area contributed by atoms with Crippen molar-refractivity contribution in [2.24, 2.45) is 11.8 Å². The zero-order valence-corrected chi connectivity index (χ0v) is 19.0. The molecule has 2 atom stereocenters. The SMILES string of the molecule is CC(C)C(=O)N1C[C@@H]2COC[C@H](C1)N(Cc1ccc3c4c(cccc14)C(=O)OC3)C2.O=CO. The highest BCUT2D eigenvalue weighted by Crippen LogP contribution is 2.32. The molecule has 1 amide bonds. The third kappa shape index (κ3) is 4.72. The number of hydrogen-bond donors (Lipinski definition) is 1. The number of hydrogen-bond acceptors (Lipinski definition) is 6. The number of cyclic esters (lactones) is 1. The van der Waals surface area contributed by atoms with Gasteiger partial charge in [-0.1, -0.05) is 38.1 Å². The maximum atomic E-state index is 12.7. The quantitative estimate of drug-likeness (QED) is 0.562. The highest BCUT2D eigenvalue weighted by Gasteiger charge is 2.36. The summed E-state index contributed by atoms with van der Waals surface area (Å²) in [5, 5.41) is 9.04. The van der Waals surface area contributed by atoms with Crippen LogP contribution >= 0.6 is 0 Å². The fraction of sp³-hybridized carbons (Fsp3) is 0.480. The molecule has 0 spiro atoms. The van der Waals surface area contributed by atoms with E-state index < -0.39 is 0 Å². The van der Waals surface area contributed by atoms with Crippen molar-refractivity contribution >= 4 is 29.1 Å². The molecule has 0 aromatic heterocycles. The summed E-state index contributed by atoms with van der Waals surface area (Å²) in [6.07, 6.45) is 0. The van der Waals surface area contributed by atoms with Gasteiger partial charge in [0.25, 0.3) is 6.47 Å². The minimum Gasteiger partial charge on any atom is -0.483 e. The van der Waals surface area contributed by atoms with Gasteiger partial charge in [0.1, 0.15) is 6.61 Å². The number of fused-ring (bicyclic) bond motifs is 3. The molecule has 3 aliphatic heterocycles. The summed E-state index contributed by atoms with van der Waals surface area (Å²) in [7, 11) is 0. The maximum Gasteiger partial charge on any atom is 0.339 e. The molecule has 3 aliphatic rings. The Hall–Kier alpha value is -2.97. The molecule has 3 heterocycles. The molecule has 0 radical (unpaired) electrons. The van der Waals surface area contributed by atoms with Gasteiger partial charge in [-0.15, -0.1) is 0 Å². The molecule has 8 nitrogen and oxygen atoms in total. The fourth-order valence-corrected chi connectivity index (χ4v) is 5.08. The Kier molecular flexibility index (Phi) is 6.95. The number of ether oxygens (including phenoxy) is 2. The summed E-state index contributed by atoms with van der Waals surface area (Å²) in [5.41, 5.74) is 2.93. The smallest absolute Gasteiger partial charge is 0.339 e. The Balaban J connectivity index is 0.000000821. The molecule has 176 valence electrons. The number of rotatable bonds is 3. The topological polar surface area (TPSA) is 96.4 Å². The number of carboxylic acid groups (broad SMARTS) is 1. The largest absolute Gasteiger partial charge is 0.483 e. The molecule has 2 aromatic carbocycles. The van der Waals surface area contributed by atoms with Gasteiger partial charge in [-0.25, -0.2) is 4.79 Å². The Bertz CT molecular complexity index is 1050. The van der Waals surface area contributed by atoms with Crippen molar-refractivity contribution in [2.75, 3.05) is 32.8 Å². The summed E-state index contributed by atoms with van der Waals surface area (Å²) in [5.74, 6) is 0.314. The van der Waals surface area contributed by atoms with E-state index in [2.05, 4.69) is 23.1 Å². The predicted molar refractivity (Wildman–Crippen MR) is 122 cm³/mol. The van der Waals surface area contributed by atoms with Crippen LogP contribution in [0.15, 0.2) is 30.3 Å². The lowest BCUT2D eigenvalue weighted by Gasteiger charge is -2.32. The van der Waals surface area contributed by atoms with Crippen LogP contribution < -0.4 is 0 Å². The Morgan fingerprint density at radius 1 is 1.18 bits per heavy atom. The minimum atomic E-state index is -0.250. The number of carbonyl (C=O) groups is 3. The van der Waals surface area contributed by atoms with Crippen molar-refractivity contribution in [3.63, 3.8) is 0 Å². The maximum absolute atomic E-state index is 12.7. The van der Waals surface area contributed by atoms with Crippen LogP contribution in [0.2, 0.25) is 0 Å². The van der Waals surface area contributed by atoms with Crippen LogP contribution in [0.3, 0.4) is 0 Å². The van der Waals surface area contributed by atoms with Crippen LogP contribution in [0.25, 0.3) is 10.8 Å². The van der Waals surface area contributed by atoms with Crippen LogP contribution in [0.5, 0.6) is 0 Å². The second-order valence-electron chi connectivity index (χ2n) is 9.18. The Labute approximate surface area is 193 Å². The first-order chi connectivity index (χ1) is 15.9. The lowest BCUT2D eigenvalue weighted by Crippen LogP contribution is -2.46. The van der Waals surface area contributed by atoms with E-state index in [4.69, 9.17) is 19.4 Å². The zero-order chi connectivity index (χ0) is 23.5. The molecule has 2 bridgehead atoms. The van der Waals surface area contributed by atoms with Gasteiger partial charge in [0, 0.05) is 43.4 Å². The van der Waals surface area contributed by atoms with Crippen molar-refractivity contribution in [3.8, 4) is 0 Å². The van der Waals surface area contributed by atoms with Crippen molar-refractivity contribution in [2.45, 2.75) is 33.0 Å². The van der Waals surface area contributed by atoms with Crippen LogP contribution in [0.4, 0.5) is 0 Å². The van der Waals surface area contributed by atoms with Gasteiger partial charge in [-0.2, -0.15) is 0 Å². The Morgan fingerprint density at radius 2 is 1.97 bits per heavy atom. The first-order valence-corrected chi connectivity index (χ1v) is 11.3. The van der Waals surface area contributed by atoms with Gasteiger partial charge in [0.05, 0.1) is 24.8 Å². The molecule has 5 rings (SSSR count). The van der Waals surface area contributed by atoms with Gasteiger partial charge in [0.2, 0.25) is 5.91 Å². The van der Waals surface area contributed by atoms with Crippen LogP contribution in [0, 0.1) is 11.8 Å². The molecular weight excluding hydrogens is 424 g/mol. The molecule has 33 heavy (non-hydrogen) atoms. The van der Waals surface area contributed by atoms with E-state index in [1.165, 1.54) is 5.56 Å². The van der Waals surface area contributed by atoms with E-state index >= 15 is 0 Å². The summed E-state index contributed by atoms with van der Waals surface area (Å²) in [6.45, 7) is 8.54. The van der Waals surface area contributed by atoms with Gasteiger partial charge in [-0.05, 0) is 22.6 Å². The molecule has 8 heteroatoms. The van der Waals surface area contributed by atoms with Gasteiger partial charge in [-0.3, -0.25) is 14.5 Å². The van der Waals surface area contributed by atoms with Gasteiger partial charge < -0.3 is 19.5 Å². The molecule has 2 saturated heterocycles. The van der Waals surface area contributed by atoms with E-state index in [0.717, 1.165) is 36.0 Å². The third-order valence-electron chi connectivity index (χ3n) is 6.56. The molecule has 0 unspecified atom stereocenters. The highest BCUT2D eigenvalue weighted by atomic mass is 16.5. The van der Waals surface area contributed by atoms with Crippen molar-refractivity contribution in [3.05, 3.63) is 47.0 Å². The summed E-state index contributed by atoms with van der Waals surface area (Å²) in [6, 6.07) is 10.3.